The number of carbonyl (C=O) groups excluding carboxylic acids is 2. The first-order valence-electron chi connectivity index (χ1n) is 10.7. The summed E-state index contributed by atoms with van der Waals surface area (Å²) in [5.41, 5.74) is -0.0504. The number of benzene rings is 2. The van der Waals surface area contributed by atoms with E-state index < -0.39 is 11.6 Å². The fourth-order valence-corrected chi connectivity index (χ4v) is 3.78. The van der Waals surface area contributed by atoms with E-state index >= 15 is 0 Å². The van der Waals surface area contributed by atoms with Crippen molar-refractivity contribution in [3.8, 4) is 0 Å². The van der Waals surface area contributed by atoms with E-state index in [0.717, 1.165) is 4.68 Å². The Hall–Kier alpha value is -3.92. The summed E-state index contributed by atoms with van der Waals surface area (Å²) in [4.78, 5) is 51.1. The maximum Gasteiger partial charge on any atom is 0.352 e. The van der Waals surface area contributed by atoms with Gasteiger partial charge in [-0.05, 0) is 50.2 Å². The van der Waals surface area contributed by atoms with Crippen molar-refractivity contribution in [1.82, 2.24) is 24.1 Å². The van der Waals surface area contributed by atoms with Gasteiger partial charge in [0.1, 0.15) is 6.54 Å². The van der Waals surface area contributed by atoms with Crippen LogP contribution < -0.4 is 21.9 Å². The highest BCUT2D eigenvalue weighted by molar-refractivity contribution is 6.30. The third-order valence-electron chi connectivity index (χ3n) is 5.12. The van der Waals surface area contributed by atoms with E-state index in [0.29, 0.717) is 21.6 Å². The average Bonchev–Trinajstić information content (AvgIpc) is 3.10. The highest BCUT2D eigenvalue weighted by Gasteiger charge is 2.19. The minimum Gasteiger partial charge on any atom is -0.354 e. The molecule has 0 atom stereocenters. The molecular weight excluding hydrogens is 460 g/mol. The Balaban J connectivity index is 1.73. The molecule has 11 heteroatoms. The summed E-state index contributed by atoms with van der Waals surface area (Å²) >= 11 is 5.87. The van der Waals surface area contributed by atoms with Crippen LogP contribution in [0.4, 0.5) is 5.69 Å². The molecule has 0 saturated heterocycles. The molecule has 0 spiro atoms. The Morgan fingerprint density at radius 2 is 1.74 bits per heavy atom. The van der Waals surface area contributed by atoms with Gasteiger partial charge in [-0.3, -0.25) is 19.0 Å². The van der Waals surface area contributed by atoms with Crippen molar-refractivity contribution in [2.24, 2.45) is 0 Å². The molecule has 2 N–H and O–H groups in total. The maximum absolute atomic E-state index is 13.2. The van der Waals surface area contributed by atoms with Gasteiger partial charge in [-0.2, -0.15) is 0 Å². The first kappa shape index (κ1) is 23.2. The smallest absolute Gasteiger partial charge is 0.352 e. The van der Waals surface area contributed by atoms with Crippen molar-refractivity contribution in [2.75, 3.05) is 5.32 Å². The Kier molecular flexibility index (Phi) is 6.51. The van der Waals surface area contributed by atoms with Crippen LogP contribution in [0.3, 0.4) is 0 Å². The van der Waals surface area contributed by atoms with Crippen molar-refractivity contribution < 1.29 is 9.59 Å². The molecule has 0 aliphatic carbocycles. The summed E-state index contributed by atoms with van der Waals surface area (Å²) in [6, 6.07) is 13.2. The number of aryl methyl sites for hydroxylation is 1. The number of carbonyl (C=O) groups is 2. The Morgan fingerprint density at radius 3 is 2.44 bits per heavy atom. The number of nitrogens with one attached hydrogen (secondary N) is 2. The average molecular weight is 483 g/mol. The third kappa shape index (κ3) is 4.72. The van der Waals surface area contributed by atoms with Crippen molar-refractivity contribution in [3.63, 3.8) is 0 Å². The third-order valence-corrected chi connectivity index (χ3v) is 5.37. The number of aromatic nitrogens is 4. The molecule has 34 heavy (non-hydrogen) atoms. The summed E-state index contributed by atoms with van der Waals surface area (Å²) < 4.78 is 3.57. The van der Waals surface area contributed by atoms with Gasteiger partial charge in [0.05, 0.1) is 10.9 Å². The van der Waals surface area contributed by atoms with E-state index in [9.17, 15) is 19.2 Å². The number of nitrogens with zero attached hydrogens (tertiary/aromatic N) is 4. The monoisotopic (exact) mass is 482 g/mol. The standard InChI is InChI=1S/C23H23ClN6O4/c1-14(2)25-19(31)11-12-28-21(33)17-5-3-4-6-18(17)30-22(28)27-29(23(30)34)13-20(32)26-16-9-7-15(24)8-10-16/h3-10,14H,11-13H2,1-2H3,(H,25,31)(H,26,32). The van der Waals surface area contributed by atoms with Crippen molar-refractivity contribution in [3.05, 3.63) is 74.4 Å². The SMILES string of the molecule is CC(C)NC(=O)CCn1c(=O)c2ccccc2n2c(=O)n(CC(=O)Nc3ccc(Cl)cc3)nc12. The second-order valence-electron chi connectivity index (χ2n) is 8.08. The molecule has 2 amide bonds. The van der Waals surface area contributed by atoms with Gasteiger partial charge in [-0.15, -0.1) is 5.10 Å². The molecular formula is C23H23ClN6O4. The molecule has 0 aliphatic heterocycles. The van der Waals surface area contributed by atoms with Crippen LogP contribution in [0.25, 0.3) is 16.7 Å². The highest BCUT2D eigenvalue weighted by atomic mass is 35.5. The zero-order chi connectivity index (χ0) is 24.4. The molecule has 0 saturated carbocycles. The van der Waals surface area contributed by atoms with Crippen LogP contribution in [0.2, 0.25) is 5.02 Å². The highest BCUT2D eigenvalue weighted by Crippen LogP contribution is 2.14. The van der Waals surface area contributed by atoms with E-state index in [2.05, 4.69) is 15.7 Å². The quantitative estimate of drug-likeness (QED) is 0.417. The van der Waals surface area contributed by atoms with Gasteiger partial charge in [-0.25, -0.2) is 13.9 Å². The number of fused-ring (bicyclic) bond motifs is 3. The molecule has 4 rings (SSSR count). The predicted molar refractivity (Wildman–Crippen MR) is 129 cm³/mol. The van der Waals surface area contributed by atoms with Crippen LogP contribution in [0.5, 0.6) is 0 Å². The number of para-hydroxylation sites is 1. The van der Waals surface area contributed by atoms with E-state index in [1.165, 1.54) is 8.97 Å². The summed E-state index contributed by atoms with van der Waals surface area (Å²) in [7, 11) is 0. The molecule has 4 aromatic rings. The number of amides is 2. The summed E-state index contributed by atoms with van der Waals surface area (Å²) in [5.74, 6) is -0.634. The largest absolute Gasteiger partial charge is 0.354 e. The topological polar surface area (TPSA) is 120 Å². The molecule has 0 unspecified atom stereocenters. The van der Waals surface area contributed by atoms with E-state index in [4.69, 9.17) is 11.6 Å². The number of hydrogen-bond acceptors (Lipinski definition) is 5. The lowest BCUT2D eigenvalue weighted by atomic mass is 10.2. The molecule has 0 fully saturated rings. The van der Waals surface area contributed by atoms with Crippen LogP contribution >= 0.6 is 11.6 Å². The lowest BCUT2D eigenvalue weighted by Gasteiger charge is -2.11. The van der Waals surface area contributed by atoms with Gasteiger partial charge >= 0.3 is 5.69 Å². The summed E-state index contributed by atoms with van der Waals surface area (Å²) in [6.45, 7) is 3.35. The van der Waals surface area contributed by atoms with Crippen LogP contribution in [-0.4, -0.2) is 36.6 Å². The molecule has 10 nitrogen and oxygen atoms in total. The van der Waals surface area contributed by atoms with Crippen LogP contribution in [0.1, 0.15) is 20.3 Å². The van der Waals surface area contributed by atoms with Gasteiger partial charge in [0.2, 0.25) is 17.6 Å². The van der Waals surface area contributed by atoms with Gasteiger partial charge in [-0.1, -0.05) is 23.7 Å². The van der Waals surface area contributed by atoms with Crippen LogP contribution in [0.15, 0.2) is 58.1 Å². The molecule has 0 bridgehead atoms. The van der Waals surface area contributed by atoms with Gasteiger partial charge in [0.25, 0.3) is 5.56 Å². The van der Waals surface area contributed by atoms with E-state index in [1.54, 1.807) is 48.5 Å². The number of rotatable bonds is 7. The fourth-order valence-electron chi connectivity index (χ4n) is 3.65. The van der Waals surface area contributed by atoms with E-state index in [1.807, 2.05) is 13.8 Å². The normalized spacial score (nSPS) is 11.3. The Labute approximate surface area is 198 Å². The lowest BCUT2D eigenvalue weighted by Crippen LogP contribution is -2.33. The van der Waals surface area contributed by atoms with E-state index in [-0.39, 0.29) is 42.8 Å². The fraction of sp³-hybridized carbons (Fsp3) is 0.261. The zero-order valence-electron chi connectivity index (χ0n) is 18.6. The molecule has 0 aliphatic rings. The second kappa shape index (κ2) is 9.52. The van der Waals surface area contributed by atoms with Gasteiger partial charge in [0, 0.05) is 29.7 Å². The predicted octanol–water partition coefficient (Wildman–Crippen LogP) is 2.02. The maximum atomic E-state index is 13.2. The van der Waals surface area contributed by atoms with Crippen LogP contribution in [-0.2, 0) is 22.7 Å². The molecule has 0 radical (unpaired) electrons. The first-order chi connectivity index (χ1) is 16.2. The summed E-state index contributed by atoms with van der Waals surface area (Å²) in [6.07, 6.45) is 0.0319. The minimum absolute atomic E-state index is 0.0269. The second-order valence-corrected chi connectivity index (χ2v) is 8.51. The molecule has 2 aromatic carbocycles. The van der Waals surface area contributed by atoms with Crippen LogP contribution in [0, 0.1) is 0 Å². The molecule has 2 aromatic heterocycles. The number of anilines is 1. The summed E-state index contributed by atoms with van der Waals surface area (Å²) in [5, 5.41) is 10.6. The number of hydrogen-bond donors (Lipinski definition) is 2. The van der Waals surface area contributed by atoms with Gasteiger partial charge < -0.3 is 10.6 Å². The van der Waals surface area contributed by atoms with Crippen molar-refractivity contribution >= 4 is 45.8 Å². The number of halogens is 1. The zero-order valence-corrected chi connectivity index (χ0v) is 19.4. The van der Waals surface area contributed by atoms with Crippen molar-refractivity contribution in [2.45, 2.75) is 39.4 Å². The Morgan fingerprint density at radius 1 is 1.03 bits per heavy atom. The molecule has 2 heterocycles. The van der Waals surface area contributed by atoms with Gasteiger partial charge in [0.15, 0.2) is 0 Å². The Bertz CT molecular complexity index is 1500. The minimum atomic E-state index is -0.571. The van der Waals surface area contributed by atoms with Crippen molar-refractivity contribution in [1.29, 1.82) is 0 Å². The first-order valence-corrected chi connectivity index (χ1v) is 11.1. The molecule has 176 valence electrons. The lowest BCUT2D eigenvalue weighted by molar-refractivity contribution is -0.121.